The average Bonchev–Trinajstić information content (AvgIpc) is 0.781. The van der Waals surface area contributed by atoms with Gasteiger partial charge in [0.25, 0.3) is 0 Å². The maximum Gasteiger partial charge on any atom is 0.489 e. The summed E-state index contributed by atoms with van der Waals surface area (Å²) in [4.78, 5) is 16.9. The highest BCUT2D eigenvalue weighted by Gasteiger charge is 2.23. The second-order valence-electron chi connectivity index (χ2n) is 23.2. The molecule has 0 atom stereocenters. The first-order chi connectivity index (χ1) is 45.4. The van der Waals surface area contributed by atoms with Crippen LogP contribution in [0, 0.1) is 0 Å². The van der Waals surface area contributed by atoms with Crippen LogP contribution in [0.25, 0.3) is 163 Å². The molecule has 0 saturated carbocycles. The number of halogens is 1. The molecule has 18 rings (SSSR count). The molecule has 0 saturated heterocycles. The molecule has 0 aliphatic carbocycles. The number of fused-ring (bicyclic) bond motifs is 12. The van der Waals surface area contributed by atoms with Gasteiger partial charge in [0.2, 0.25) is 0 Å². The van der Waals surface area contributed by atoms with Gasteiger partial charge in [-0.2, -0.15) is 0 Å². The van der Waals surface area contributed by atoms with Crippen LogP contribution in [-0.4, -0.2) is 37.1 Å². The van der Waals surface area contributed by atoms with Crippen LogP contribution in [-0.2, 0) is 0 Å². The smallest absolute Gasteiger partial charge is 0.423 e. The second kappa shape index (κ2) is 23.9. The fraction of sp³-hybridized carbons (Fsp3) is 0. The molecule has 2 heterocycles. The summed E-state index contributed by atoms with van der Waals surface area (Å²) < 4.78 is 1.11. The van der Waals surface area contributed by atoms with Crippen LogP contribution in [0.3, 0.4) is 0 Å². The van der Waals surface area contributed by atoms with Gasteiger partial charge in [0.1, 0.15) is 12.7 Å². The first kappa shape index (κ1) is 56.0. The van der Waals surface area contributed by atoms with Crippen LogP contribution in [0.15, 0.2) is 321 Å². The van der Waals surface area contributed by atoms with E-state index in [1.807, 2.05) is 60.9 Å². The zero-order valence-electron chi connectivity index (χ0n) is 49.7. The van der Waals surface area contributed by atoms with Crippen molar-refractivity contribution in [2.24, 2.45) is 0 Å². The molecule has 432 valence electrons. The van der Waals surface area contributed by atoms with Crippen LogP contribution >= 0.6 is 15.9 Å². The molecule has 18 aromatic rings. The van der Waals surface area contributed by atoms with Gasteiger partial charge in [-0.15, -0.1) is 0 Å². The van der Waals surface area contributed by atoms with Gasteiger partial charge < -0.3 is 10.0 Å². The number of aromatic nitrogens is 4. The van der Waals surface area contributed by atoms with Gasteiger partial charge in [-0.1, -0.05) is 259 Å². The number of rotatable bonds is 6. The predicted octanol–water partition coefficient (Wildman–Crippen LogP) is 20.9. The Kier molecular flexibility index (Phi) is 14.6. The topological polar surface area (TPSA) is 92.0 Å². The number of hydrogen-bond acceptors (Lipinski definition) is 6. The zero-order chi connectivity index (χ0) is 61.7. The fourth-order valence-electron chi connectivity index (χ4n) is 13.9. The van der Waals surface area contributed by atoms with E-state index in [1.165, 1.54) is 131 Å². The van der Waals surface area contributed by atoms with Gasteiger partial charge in [0.15, 0.2) is 0 Å². The highest BCUT2D eigenvalue weighted by atomic mass is 79.9. The van der Waals surface area contributed by atoms with E-state index < -0.39 is 7.12 Å². The molecule has 0 radical (unpaired) electrons. The minimum Gasteiger partial charge on any atom is -0.423 e. The van der Waals surface area contributed by atoms with E-state index in [4.69, 9.17) is 0 Å². The lowest BCUT2D eigenvalue weighted by atomic mass is 9.72. The Morgan fingerprint density at radius 3 is 0.946 bits per heavy atom. The first-order valence-corrected chi connectivity index (χ1v) is 31.5. The Morgan fingerprint density at radius 2 is 0.554 bits per heavy atom. The molecule has 0 aliphatic rings. The van der Waals surface area contributed by atoms with E-state index in [1.54, 1.807) is 18.7 Å². The molecule has 0 spiro atoms. The SMILES string of the molecule is Brc1ccc(-c2cccc3c2ccc2cc4ccccc4cc23)cc1.OB(O)c1c2ccccc2c(-c2cncnc2)c2ccccc12.c1ccc2cc3c(ccc4c(-c5ccc(-c6c7ccccc7c(-c7cncnc7)c7ccccc67)cc5)cccc43)cc2c1. The van der Waals surface area contributed by atoms with Gasteiger partial charge in [0, 0.05) is 51.5 Å². The molecule has 92 heavy (non-hydrogen) atoms. The molecule has 16 aromatic carbocycles. The van der Waals surface area contributed by atoms with Gasteiger partial charge in [-0.3, -0.25) is 0 Å². The zero-order valence-corrected chi connectivity index (χ0v) is 51.2. The lowest BCUT2D eigenvalue weighted by Gasteiger charge is -2.17. The molecule has 0 fully saturated rings. The number of nitrogens with zero attached hydrogens (tertiary/aromatic N) is 4. The van der Waals surface area contributed by atoms with E-state index in [2.05, 4.69) is 266 Å². The van der Waals surface area contributed by atoms with Gasteiger partial charge in [-0.05, 0) is 183 Å². The third-order valence-electron chi connectivity index (χ3n) is 18.0. The van der Waals surface area contributed by atoms with Crippen molar-refractivity contribution in [2.75, 3.05) is 0 Å². The summed E-state index contributed by atoms with van der Waals surface area (Å²) in [5.41, 5.74) is 12.1. The lowest BCUT2D eigenvalue weighted by molar-refractivity contribution is 0.426. The van der Waals surface area contributed by atoms with Crippen LogP contribution < -0.4 is 5.46 Å². The third kappa shape index (κ3) is 10.1. The van der Waals surface area contributed by atoms with E-state index in [0.717, 1.165) is 42.7 Å². The highest BCUT2D eigenvalue weighted by Crippen LogP contribution is 2.45. The fourth-order valence-corrected chi connectivity index (χ4v) is 14.1. The Morgan fingerprint density at radius 1 is 0.239 bits per heavy atom. The molecular weight excluding hydrogens is 1190 g/mol. The maximum absolute atomic E-state index is 9.91. The van der Waals surface area contributed by atoms with E-state index in [0.29, 0.717) is 5.46 Å². The van der Waals surface area contributed by atoms with Crippen molar-refractivity contribution in [2.45, 2.75) is 0 Å². The Balaban J connectivity index is 0.000000119. The summed E-state index contributed by atoms with van der Waals surface area (Å²) >= 11 is 3.52. The summed E-state index contributed by atoms with van der Waals surface area (Å²) in [6, 6.07) is 99.2. The standard InChI is InChI=1S/C42H26N2.C24H15Br.C18H13BN2O2/c1-2-9-30-23-40-31(22-29(30)8-1)20-21-35-33(14-7-15-34(35)40)27-16-18-28(19-17-27)41-36-10-3-5-12-38(36)42(32-24-43-26-44-25-32)39-13-6-4-11-37(39)41;25-20-11-8-16(9-12-20)21-6-3-7-22-23(21)13-10-19-14-17-4-1-2-5-18(17)15-24(19)22;22-19(23)18-15-7-3-1-5-13(15)17(12-9-20-11-21-10-12)14-6-2-4-8-16(14)18/h1-26H;1-15H;1-11,22-23H. The quantitative estimate of drug-likeness (QED) is 0.0979. The minimum absolute atomic E-state index is 0.525. The van der Waals surface area contributed by atoms with Crippen LogP contribution in [0.2, 0.25) is 0 Å². The lowest BCUT2D eigenvalue weighted by Crippen LogP contribution is -2.31. The third-order valence-corrected chi connectivity index (χ3v) is 18.5. The molecule has 2 aromatic heterocycles. The molecular formula is C84H54BBrN4O2. The van der Waals surface area contributed by atoms with Crippen molar-refractivity contribution < 1.29 is 10.0 Å². The van der Waals surface area contributed by atoms with E-state index >= 15 is 0 Å². The predicted molar refractivity (Wildman–Crippen MR) is 390 cm³/mol. The van der Waals surface area contributed by atoms with Crippen molar-refractivity contribution in [3.63, 3.8) is 0 Å². The van der Waals surface area contributed by atoms with E-state index in [-0.39, 0.29) is 0 Å². The minimum atomic E-state index is -1.54. The number of benzene rings is 16. The van der Waals surface area contributed by atoms with Crippen LogP contribution in [0.1, 0.15) is 0 Å². The monoisotopic (exact) mass is 1240 g/mol. The maximum atomic E-state index is 9.91. The summed E-state index contributed by atoms with van der Waals surface area (Å²) in [5, 5.41) is 43.7. The second-order valence-corrected chi connectivity index (χ2v) is 24.1. The average molecular weight is 1240 g/mol. The van der Waals surface area contributed by atoms with Crippen molar-refractivity contribution in [1.82, 2.24) is 19.9 Å². The van der Waals surface area contributed by atoms with E-state index in [9.17, 15) is 10.0 Å². The van der Waals surface area contributed by atoms with Crippen molar-refractivity contribution in [3.8, 4) is 55.6 Å². The van der Waals surface area contributed by atoms with Crippen LogP contribution in [0.5, 0.6) is 0 Å². The van der Waals surface area contributed by atoms with Crippen molar-refractivity contribution in [1.29, 1.82) is 0 Å². The molecule has 0 amide bonds. The summed E-state index contributed by atoms with van der Waals surface area (Å²) in [6.07, 6.45) is 10.5. The highest BCUT2D eigenvalue weighted by molar-refractivity contribution is 9.10. The van der Waals surface area contributed by atoms with Crippen LogP contribution in [0.4, 0.5) is 0 Å². The summed E-state index contributed by atoms with van der Waals surface area (Å²) in [7, 11) is -1.54. The first-order valence-electron chi connectivity index (χ1n) is 30.7. The molecule has 2 N–H and O–H groups in total. The molecule has 0 bridgehead atoms. The summed E-state index contributed by atoms with van der Waals surface area (Å²) in [5.74, 6) is 0. The summed E-state index contributed by atoms with van der Waals surface area (Å²) in [6.45, 7) is 0. The van der Waals surface area contributed by atoms with Gasteiger partial charge in [-0.25, -0.2) is 19.9 Å². The largest absolute Gasteiger partial charge is 0.489 e. The van der Waals surface area contributed by atoms with Gasteiger partial charge in [0.05, 0.1) is 0 Å². The molecule has 8 heteroatoms. The number of hydrogen-bond donors (Lipinski definition) is 2. The Hall–Kier alpha value is -11.3. The molecule has 0 unspecified atom stereocenters. The Labute approximate surface area is 539 Å². The van der Waals surface area contributed by atoms with Gasteiger partial charge >= 0.3 is 7.12 Å². The molecule has 6 nitrogen and oxygen atoms in total. The molecule has 0 aliphatic heterocycles. The van der Waals surface area contributed by atoms with Crippen molar-refractivity contribution in [3.05, 3.63) is 321 Å². The Bertz CT molecular complexity index is 5760. The van der Waals surface area contributed by atoms with Crippen molar-refractivity contribution >= 4 is 136 Å². The normalized spacial score (nSPS) is 11.4.